The molecule has 0 amide bonds. The molecule has 0 saturated heterocycles. The van der Waals surface area contributed by atoms with Gasteiger partial charge in [0.1, 0.15) is 17.3 Å². The summed E-state index contributed by atoms with van der Waals surface area (Å²) in [4.78, 5) is 4.34. The predicted octanol–water partition coefficient (Wildman–Crippen LogP) is 3.40. The summed E-state index contributed by atoms with van der Waals surface area (Å²) in [5, 5.41) is 0. The van der Waals surface area contributed by atoms with Crippen LogP contribution in [0.2, 0.25) is 0 Å². The van der Waals surface area contributed by atoms with Gasteiger partial charge in [0.05, 0.1) is 0 Å². The maximum atomic E-state index is 12.7. The van der Waals surface area contributed by atoms with E-state index < -0.39 is 6.43 Å². The van der Waals surface area contributed by atoms with Crippen molar-refractivity contribution in [2.24, 2.45) is 0 Å². The Bertz CT molecular complexity index is 561. The Hall–Kier alpha value is -1.91. The van der Waals surface area contributed by atoms with E-state index in [1.165, 1.54) is 12.1 Å². The number of hydrogen-bond acceptors (Lipinski definition) is 2. The van der Waals surface area contributed by atoms with Crippen LogP contribution in [0, 0.1) is 6.92 Å². The summed E-state index contributed by atoms with van der Waals surface area (Å²) in [6.07, 6.45) is -2.49. The molecule has 0 saturated carbocycles. The topological polar surface area (TPSA) is 43.8 Å². The van der Waals surface area contributed by atoms with Gasteiger partial charge in [-0.2, -0.15) is 0 Å². The number of nitrogens with two attached hydrogens (primary N) is 1. The third-order valence-electron chi connectivity index (χ3n) is 2.93. The number of benzene rings is 1. The zero-order valence-corrected chi connectivity index (χ0v) is 10.3. The second-order valence-corrected chi connectivity index (χ2v) is 4.06. The van der Waals surface area contributed by atoms with E-state index in [1.807, 2.05) is 18.4 Å². The van der Waals surface area contributed by atoms with E-state index in [-0.39, 0.29) is 5.56 Å². The van der Waals surface area contributed by atoms with E-state index in [2.05, 4.69) is 4.98 Å². The van der Waals surface area contributed by atoms with Crippen molar-refractivity contribution >= 4 is 5.82 Å². The highest BCUT2D eigenvalue weighted by Crippen LogP contribution is 2.29. The molecule has 0 spiro atoms. The molecule has 3 nitrogen and oxygen atoms in total. The quantitative estimate of drug-likeness (QED) is 0.908. The maximum absolute atomic E-state index is 12.7. The van der Waals surface area contributed by atoms with E-state index in [4.69, 9.17) is 5.73 Å². The third kappa shape index (κ3) is 2.08. The van der Waals surface area contributed by atoms with Crippen molar-refractivity contribution in [3.8, 4) is 11.3 Å². The van der Waals surface area contributed by atoms with Crippen LogP contribution in [0.15, 0.2) is 24.3 Å². The summed E-state index contributed by atoms with van der Waals surface area (Å²) in [6.45, 7) is 4.52. The third-order valence-corrected chi connectivity index (χ3v) is 2.93. The molecule has 1 aromatic carbocycles. The molecule has 0 radical (unpaired) electrons. The number of nitrogens with zero attached hydrogens (tertiary/aromatic N) is 2. The monoisotopic (exact) mass is 251 g/mol. The van der Waals surface area contributed by atoms with Crippen molar-refractivity contribution in [3.05, 3.63) is 35.7 Å². The summed E-state index contributed by atoms with van der Waals surface area (Å²) in [5.41, 5.74) is 7.16. The van der Waals surface area contributed by atoms with Crippen LogP contribution in [0.25, 0.3) is 11.3 Å². The lowest BCUT2D eigenvalue weighted by Crippen LogP contribution is -2.02. The van der Waals surface area contributed by atoms with Gasteiger partial charge in [-0.3, -0.25) is 0 Å². The Balaban J connectivity index is 2.52. The van der Waals surface area contributed by atoms with Crippen LogP contribution >= 0.6 is 0 Å². The van der Waals surface area contributed by atoms with E-state index in [1.54, 1.807) is 12.1 Å². The van der Waals surface area contributed by atoms with Crippen molar-refractivity contribution in [2.45, 2.75) is 26.8 Å². The summed E-state index contributed by atoms with van der Waals surface area (Å²) in [7, 11) is 0. The zero-order chi connectivity index (χ0) is 13.3. The van der Waals surface area contributed by atoms with Gasteiger partial charge in [0, 0.05) is 17.7 Å². The minimum atomic E-state index is -2.49. The average molecular weight is 251 g/mol. The minimum Gasteiger partial charge on any atom is -0.383 e. The number of hydrogen-bond donors (Lipinski definition) is 1. The van der Waals surface area contributed by atoms with Crippen molar-refractivity contribution < 1.29 is 8.78 Å². The lowest BCUT2D eigenvalue weighted by Gasteiger charge is -2.05. The molecule has 2 N–H and O–H groups in total. The number of aryl methyl sites for hydroxylation is 1. The fourth-order valence-corrected chi connectivity index (χ4v) is 2.01. The maximum Gasteiger partial charge on any atom is 0.263 e. The van der Waals surface area contributed by atoms with Crippen molar-refractivity contribution in [3.63, 3.8) is 0 Å². The molecule has 1 heterocycles. The largest absolute Gasteiger partial charge is 0.383 e. The van der Waals surface area contributed by atoms with Crippen molar-refractivity contribution in [1.29, 1.82) is 0 Å². The molecule has 0 aliphatic rings. The molecule has 2 rings (SSSR count). The Kier molecular flexibility index (Phi) is 3.32. The molecule has 96 valence electrons. The Labute approximate surface area is 104 Å². The van der Waals surface area contributed by atoms with E-state index in [9.17, 15) is 8.78 Å². The number of rotatable bonds is 3. The van der Waals surface area contributed by atoms with Crippen molar-refractivity contribution in [2.75, 3.05) is 5.73 Å². The van der Waals surface area contributed by atoms with Crippen LogP contribution in [0.3, 0.4) is 0 Å². The van der Waals surface area contributed by atoms with E-state index >= 15 is 0 Å². The molecule has 0 aliphatic carbocycles. The first-order valence-electron chi connectivity index (χ1n) is 5.75. The standard InChI is InChI=1S/C13H15F2N3/c1-3-18-8(2)17-11(13(18)16)9-5-4-6-10(7-9)12(14)15/h4-7,12H,3,16H2,1-2H3. The second kappa shape index (κ2) is 4.76. The molecular weight excluding hydrogens is 236 g/mol. The van der Waals surface area contributed by atoms with E-state index in [0.29, 0.717) is 23.6 Å². The second-order valence-electron chi connectivity index (χ2n) is 4.06. The predicted molar refractivity (Wildman–Crippen MR) is 67.4 cm³/mol. The molecule has 18 heavy (non-hydrogen) atoms. The summed E-state index contributed by atoms with van der Waals surface area (Å²) in [5.74, 6) is 1.30. The molecular formula is C13H15F2N3. The number of aromatic nitrogens is 2. The van der Waals surface area contributed by atoms with E-state index in [0.717, 1.165) is 5.82 Å². The molecule has 1 aromatic heterocycles. The molecule has 0 bridgehead atoms. The van der Waals surface area contributed by atoms with Gasteiger partial charge >= 0.3 is 0 Å². The Morgan fingerprint density at radius 3 is 2.67 bits per heavy atom. The van der Waals surface area contributed by atoms with Gasteiger partial charge in [-0.15, -0.1) is 0 Å². The molecule has 2 aromatic rings. The molecule has 0 fully saturated rings. The number of halogens is 2. The molecule has 0 atom stereocenters. The van der Waals surface area contributed by atoms with Crippen LogP contribution < -0.4 is 5.73 Å². The smallest absolute Gasteiger partial charge is 0.263 e. The first-order chi connectivity index (χ1) is 8.54. The molecule has 0 aliphatic heterocycles. The van der Waals surface area contributed by atoms with Gasteiger partial charge in [-0.05, 0) is 19.9 Å². The van der Waals surface area contributed by atoms with Crippen LogP contribution in [-0.4, -0.2) is 9.55 Å². The van der Waals surface area contributed by atoms with Crippen LogP contribution in [0.4, 0.5) is 14.6 Å². The first-order valence-corrected chi connectivity index (χ1v) is 5.75. The normalized spacial score (nSPS) is 11.2. The van der Waals surface area contributed by atoms with Gasteiger partial charge < -0.3 is 10.3 Å². The number of alkyl halides is 2. The fraction of sp³-hybridized carbons (Fsp3) is 0.308. The Morgan fingerprint density at radius 1 is 1.39 bits per heavy atom. The number of anilines is 1. The highest BCUT2D eigenvalue weighted by molar-refractivity contribution is 5.71. The molecule has 0 unspecified atom stereocenters. The average Bonchev–Trinajstić information content (AvgIpc) is 2.64. The SMILES string of the molecule is CCn1c(C)nc(-c2cccc(C(F)F)c2)c1N. The lowest BCUT2D eigenvalue weighted by atomic mass is 10.1. The van der Waals surface area contributed by atoms with Crippen LogP contribution in [0.1, 0.15) is 24.7 Å². The fourth-order valence-electron chi connectivity index (χ4n) is 2.01. The highest BCUT2D eigenvalue weighted by atomic mass is 19.3. The summed E-state index contributed by atoms with van der Waals surface area (Å²) >= 11 is 0. The number of imidazole rings is 1. The van der Waals surface area contributed by atoms with Crippen molar-refractivity contribution in [1.82, 2.24) is 9.55 Å². The molecule has 5 heteroatoms. The van der Waals surface area contributed by atoms with Crippen LogP contribution in [0.5, 0.6) is 0 Å². The van der Waals surface area contributed by atoms with Crippen LogP contribution in [-0.2, 0) is 6.54 Å². The van der Waals surface area contributed by atoms with Gasteiger partial charge in [-0.1, -0.05) is 18.2 Å². The number of nitrogen functional groups attached to an aromatic ring is 1. The Morgan fingerprint density at radius 2 is 2.11 bits per heavy atom. The van der Waals surface area contributed by atoms with Gasteiger partial charge in [-0.25, -0.2) is 13.8 Å². The first kappa shape index (κ1) is 12.5. The zero-order valence-electron chi connectivity index (χ0n) is 10.3. The lowest BCUT2D eigenvalue weighted by molar-refractivity contribution is 0.151. The summed E-state index contributed by atoms with van der Waals surface area (Å²) in [6, 6.07) is 6.16. The summed E-state index contributed by atoms with van der Waals surface area (Å²) < 4.78 is 27.2. The van der Waals surface area contributed by atoms with Gasteiger partial charge in [0.2, 0.25) is 0 Å². The van der Waals surface area contributed by atoms with Gasteiger partial charge in [0.15, 0.2) is 0 Å². The van der Waals surface area contributed by atoms with Gasteiger partial charge in [0.25, 0.3) is 6.43 Å². The minimum absolute atomic E-state index is 0.0180. The highest BCUT2D eigenvalue weighted by Gasteiger charge is 2.14.